The number of rotatable bonds is 9. The zero-order chi connectivity index (χ0) is 17.9. The van der Waals surface area contributed by atoms with Crippen LogP contribution in [0.2, 0.25) is 0 Å². The first-order valence-corrected chi connectivity index (χ1v) is 9.69. The van der Waals surface area contributed by atoms with Crippen LogP contribution in [0.1, 0.15) is 51.4 Å². The fourth-order valence-electron chi connectivity index (χ4n) is 3.63. The monoisotopic (exact) mass is 362 g/mol. The maximum atomic E-state index is 11.8. The predicted octanol–water partition coefficient (Wildman–Crippen LogP) is 2.61. The van der Waals surface area contributed by atoms with Crippen LogP contribution in [0, 0.1) is 0 Å². The van der Waals surface area contributed by atoms with Gasteiger partial charge in [-0.1, -0.05) is 12.2 Å². The van der Waals surface area contributed by atoms with Crippen LogP contribution in [0.15, 0.2) is 23.3 Å². The van der Waals surface area contributed by atoms with E-state index >= 15 is 0 Å². The maximum absolute atomic E-state index is 11.8. The molecule has 4 aliphatic rings. The van der Waals surface area contributed by atoms with Crippen LogP contribution in [-0.4, -0.2) is 49.6 Å². The summed E-state index contributed by atoms with van der Waals surface area (Å²) in [6.07, 6.45) is 11.4. The summed E-state index contributed by atoms with van der Waals surface area (Å²) in [5.41, 5.74) is 2.31. The van der Waals surface area contributed by atoms with E-state index in [0.717, 1.165) is 36.8 Å². The number of esters is 2. The summed E-state index contributed by atoms with van der Waals surface area (Å²) in [5, 5.41) is 0. The van der Waals surface area contributed by atoms with Gasteiger partial charge in [0, 0.05) is 12.8 Å². The van der Waals surface area contributed by atoms with E-state index in [1.165, 1.54) is 0 Å². The molecule has 26 heavy (non-hydrogen) atoms. The van der Waals surface area contributed by atoms with Gasteiger partial charge in [-0.25, -0.2) is 0 Å². The van der Waals surface area contributed by atoms with E-state index in [1.807, 2.05) is 0 Å². The Kier molecular flexibility index (Phi) is 5.41. The van der Waals surface area contributed by atoms with Gasteiger partial charge in [-0.3, -0.25) is 9.59 Å². The largest absolute Gasteiger partial charge is 0.461 e. The highest BCUT2D eigenvalue weighted by Crippen LogP contribution is 2.35. The van der Waals surface area contributed by atoms with Crippen LogP contribution in [0.25, 0.3) is 0 Å². The molecule has 0 saturated carbocycles. The van der Waals surface area contributed by atoms with Crippen LogP contribution in [0.3, 0.4) is 0 Å². The summed E-state index contributed by atoms with van der Waals surface area (Å²) in [4.78, 5) is 23.5. The first-order chi connectivity index (χ1) is 12.7. The summed E-state index contributed by atoms with van der Waals surface area (Å²) in [6, 6.07) is 0. The minimum Gasteiger partial charge on any atom is -0.461 e. The lowest BCUT2D eigenvalue weighted by Crippen LogP contribution is -2.12. The Morgan fingerprint density at radius 3 is 1.73 bits per heavy atom. The molecule has 2 aliphatic carbocycles. The standard InChI is InChI=1S/C20H26O6/c21-19(23-11-13-5-7-15-17(9-13)25-15)3-1-2-4-20(22)24-12-14-6-8-16-18(10-14)26-16/h9-10,15-18H,1-8,11-12H2. The second kappa shape index (κ2) is 7.92. The van der Waals surface area contributed by atoms with Gasteiger partial charge in [-0.15, -0.1) is 0 Å². The fraction of sp³-hybridized carbons (Fsp3) is 0.700. The number of fused-ring (bicyclic) bond motifs is 2. The number of epoxide rings is 2. The third kappa shape index (κ3) is 4.95. The van der Waals surface area contributed by atoms with Gasteiger partial charge < -0.3 is 18.9 Å². The number of carbonyl (C=O) groups excluding carboxylic acids is 2. The van der Waals surface area contributed by atoms with Crippen LogP contribution in [-0.2, 0) is 28.5 Å². The van der Waals surface area contributed by atoms with Gasteiger partial charge in [-0.05, 0) is 49.7 Å². The van der Waals surface area contributed by atoms with Crippen molar-refractivity contribution in [2.75, 3.05) is 13.2 Å². The van der Waals surface area contributed by atoms with Gasteiger partial charge in [0.2, 0.25) is 0 Å². The molecule has 2 aliphatic heterocycles. The molecule has 142 valence electrons. The molecular weight excluding hydrogens is 336 g/mol. The molecule has 4 atom stereocenters. The molecular formula is C20H26O6. The summed E-state index contributed by atoms with van der Waals surface area (Å²) in [5.74, 6) is -0.408. The van der Waals surface area contributed by atoms with Crippen molar-refractivity contribution < 1.29 is 28.5 Å². The van der Waals surface area contributed by atoms with Crippen LogP contribution in [0.4, 0.5) is 0 Å². The van der Waals surface area contributed by atoms with E-state index in [0.29, 0.717) is 51.1 Å². The molecule has 0 amide bonds. The molecule has 2 fully saturated rings. The van der Waals surface area contributed by atoms with Gasteiger partial charge in [-0.2, -0.15) is 0 Å². The van der Waals surface area contributed by atoms with Gasteiger partial charge in [0.1, 0.15) is 25.4 Å². The van der Waals surface area contributed by atoms with E-state index in [2.05, 4.69) is 12.2 Å². The SMILES string of the molecule is O=C(CCCCC(=O)OCC1=CC2OC2CC1)OCC1=CC2OC2CC1. The van der Waals surface area contributed by atoms with Gasteiger partial charge in [0.15, 0.2) is 0 Å². The van der Waals surface area contributed by atoms with Gasteiger partial charge in [0.25, 0.3) is 0 Å². The highest BCUT2D eigenvalue weighted by atomic mass is 16.6. The van der Waals surface area contributed by atoms with Crippen molar-refractivity contribution in [3.05, 3.63) is 23.3 Å². The molecule has 0 bridgehead atoms. The fourth-order valence-corrected chi connectivity index (χ4v) is 3.63. The molecule has 6 heteroatoms. The highest BCUT2D eigenvalue weighted by molar-refractivity contribution is 5.70. The minimum atomic E-state index is -0.204. The quantitative estimate of drug-likeness (QED) is 0.272. The van der Waals surface area contributed by atoms with Crippen molar-refractivity contribution in [2.24, 2.45) is 0 Å². The lowest BCUT2D eigenvalue weighted by molar-refractivity contribution is -0.145. The molecule has 0 aromatic carbocycles. The molecule has 0 N–H and O–H groups in total. The Labute approximate surface area is 153 Å². The van der Waals surface area contributed by atoms with Crippen LogP contribution >= 0.6 is 0 Å². The summed E-state index contributed by atoms with van der Waals surface area (Å²) >= 11 is 0. The van der Waals surface area contributed by atoms with Gasteiger partial charge >= 0.3 is 11.9 Å². The zero-order valence-electron chi connectivity index (χ0n) is 15.0. The molecule has 2 heterocycles. The third-order valence-electron chi connectivity index (χ3n) is 5.39. The molecule has 6 nitrogen and oxygen atoms in total. The molecule has 0 radical (unpaired) electrons. The smallest absolute Gasteiger partial charge is 0.306 e. The third-order valence-corrected chi connectivity index (χ3v) is 5.39. The average molecular weight is 362 g/mol. The lowest BCUT2D eigenvalue weighted by Gasteiger charge is -2.11. The minimum absolute atomic E-state index is 0.204. The molecule has 4 rings (SSSR count). The molecule has 2 saturated heterocycles. The molecule has 0 aromatic heterocycles. The zero-order valence-corrected chi connectivity index (χ0v) is 15.0. The number of hydrogen-bond acceptors (Lipinski definition) is 6. The van der Waals surface area contributed by atoms with E-state index in [1.54, 1.807) is 0 Å². The van der Waals surface area contributed by atoms with Crippen molar-refractivity contribution in [1.29, 1.82) is 0 Å². The Bertz CT molecular complexity index is 568. The van der Waals surface area contributed by atoms with E-state index in [4.69, 9.17) is 18.9 Å². The van der Waals surface area contributed by atoms with E-state index < -0.39 is 0 Å². The van der Waals surface area contributed by atoms with E-state index in [-0.39, 0.29) is 24.1 Å². The normalized spacial score (nSPS) is 31.1. The predicted molar refractivity (Wildman–Crippen MR) is 92.3 cm³/mol. The van der Waals surface area contributed by atoms with Gasteiger partial charge in [0.05, 0.1) is 12.2 Å². The van der Waals surface area contributed by atoms with Crippen molar-refractivity contribution in [1.82, 2.24) is 0 Å². The summed E-state index contributed by atoms with van der Waals surface area (Å²) < 4.78 is 21.4. The van der Waals surface area contributed by atoms with Crippen molar-refractivity contribution in [3.8, 4) is 0 Å². The molecule has 0 spiro atoms. The van der Waals surface area contributed by atoms with Crippen LogP contribution in [0.5, 0.6) is 0 Å². The average Bonchev–Trinajstić information content (AvgIpc) is 3.55. The van der Waals surface area contributed by atoms with Crippen LogP contribution < -0.4 is 0 Å². The Morgan fingerprint density at radius 2 is 1.31 bits per heavy atom. The molecule has 0 aromatic rings. The summed E-state index contributed by atoms with van der Waals surface area (Å²) in [6.45, 7) is 0.738. The lowest BCUT2D eigenvalue weighted by atomic mass is 10.0. The Morgan fingerprint density at radius 1 is 0.846 bits per heavy atom. The topological polar surface area (TPSA) is 77.7 Å². The first-order valence-electron chi connectivity index (χ1n) is 9.69. The summed E-state index contributed by atoms with van der Waals surface area (Å²) in [7, 11) is 0. The maximum Gasteiger partial charge on any atom is 0.306 e. The van der Waals surface area contributed by atoms with Crippen molar-refractivity contribution in [3.63, 3.8) is 0 Å². The van der Waals surface area contributed by atoms with E-state index in [9.17, 15) is 9.59 Å². The number of carbonyl (C=O) groups is 2. The Hall–Kier alpha value is -1.66. The van der Waals surface area contributed by atoms with Crippen molar-refractivity contribution >= 4 is 11.9 Å². The van der Waals surface area contributed by atoms with Crippen molar-refractivity contribution in [2.45, 2.75) is 75.8 Å². The second-order valence-corrected chi connectivity index (χ2v) is 7.53. The molecule has 4 unspecified atom stereocenters. The Balaban J connectivity index is 1.03. The number of hydrogen-bond donors (Lipinski definition) is 0. The number of ether oxygens (including phenoxy) is 4. The second-order valence-electron chi connectivity index (χ2n) is 7.53. The number of unbranched alkanes of at least 4 members (excludes halogenated alkanes) is 1. The first kappa shape index (κ1) is 17.7. The highest BCUT2D eigenvalue weighted by Gasteiger charge is 2.40.